The average molecular weight is 413 g/mol. The Morgan fingerprint density at radius 2 is 1.93 bits per heavy atom. The first kappa shape index (κ1) is 19.7. The van der Waals surface area contributed by atoms with Crippen molar-refractivity contribution in [1.82, 2.24) is 0 Å². The lowest BCUT2D eigenvalue weighted by Gasteiger charge is -2.29. The lowest BCUT2D eigenvalue weighted by molar-refractivity contribution is -0.920. The summed E-state index contributed by atoms with van der Waals surface area (Å²) >= 11 is 1.37. The molecule has 0 spiro atoms. The Balaban J connectivity index is 1.39. The van der Waals surface area contributed by atoms with Crippen LogP contribution in [0.25, 0.3) is 11.3 Å². The number of ether oxygens (including phenoxy) is 2. The Morgan fingerprint density at radius 3 is 2.69 bits per heavy atom. The van der Waals surface area contributed by atoms with E-state index in [9.17, 15) is 4.79 Å². The Morgan fingerprint density at radius 1 is 1.14 bits per heavy atom. The molecule has 1 aromatic carbocycles. The quantitative estimate of drug-likeness (QED) is 0.627. The van der Waals surface area contributed by atoms with E-state index in [1.807, 2.05) is 35.7 Å². The van der Waals surface area contributed by atoms with Gasteiger partial charge in [-0.05, 0) is 41.1 Å². The molecule has 1 aliphatic heterocycles. The van der Waals surface area contributed by atoms with E-state index in [4.69, 9.17) is 13.9 Å². The zero-order chi connectivity index (χ0) is 20.2. The van der Waals surface area contributed by atoms with Gasteiger partial charge in [0.25, 0.3) is 0 Å². The highest BCUT2D eigenvalue weighted by Gasteiger charge is 2.26. The third-order valence-electron chi connectivity index (χ3n) is 5.66. The largest absolute Gasteiger partial charge is 0.496 e. The van der Waals surface area contributed by atoms with Gasteiger partial charge in [0.15, 0.2) is 5.76 Å². The number of furan rings is 1. The summed E-state index contributed by atoms with van der Waals surface area (Å²) in [6, 6.07) is 14.2. The Labute approximate surface area is 174 Å². The molecule has 1 aliphatic rings. The number of benzene rings is 1. The fraction of sp³-hybridized carbons (Fsp3) is 0.348. The molecule has 0 radical (unpaired) electrons. The van der Waals surface area contributed by atoms with Crippen LogP contribution < -0.4 is 9.64 Å². The van der Waals surface area contributed by atoms with E-state index in [1.165, 1.54) is 28.9 Å². The van der Waals surface area contributed by atoms with E-state index >= 15 is 0 Å². The molecule has 3 aromatic rings. The molecule has 5 nitrogen and oxygen atoms in total. The van der Waals surface area contributed by atoms with Crippen molar-refractivity contribution in [2.45, 2.75) is 25.3 Å². The Bertz CT molecular complexity index is 969. The number of carbonyl (C=O) groups excluding carboxylic acids is 1. The fourth-order valence-corrected chi connectivity index (χ4v) is 4.95. The van der Waals surface area contributed by atoms with E-state index in [0.717, 1.165) is 55.3 Å². The maximum absolute atomic E-state index is 11.9. The summed E-state index contributed by atoms with van der Waals surface area (Å²) < 4.78 is 16.5. The van der Waals surface area contributed by atoms with Crippen LogP contribution in [0.2, 0.25) is 0 Å². The molecule has 2 aromatic heterocycles. The summed E-state index contributed by atoms with van der Waals surface area (Å²) in [6.45, 7) is 3.06. The molecular formula is C23H26NO4S+. The van der Waals surface area contributed by atoms with Crippen LogP contribution in [0, 0.1) is 0 Å². The second kappa shape index (κ2) is 8.84. The summed E-state index contributed by atoms with van der Waals surface area (Å²) in [6.07, 6.45) is 2.28. The minimum Gasteiger partial charge on any atom is -0.496 e. The van der Waals surface area contributed by atoms with Crippen LogP contribution in [0.5, 0.6) is 5.75 Å². The number of piperidine rings is 1. The summed E-state index contributed by atoms with van der Waals surface area (Å²) in [5.41, 5.74) is 2.13. The normalized spacial score (nSPS) is 19.1. The number of hydrogen-bond acceptors (Lipinski definition) is 5. The van der Waals surface area contributed by atoms with Gasteiger partial charge in [-0.3, -0.25) is 0 Å². The van der Waals surface area contributed by atoms with Crippen molar-refractivity contribution < 1.29 is 23.6 Å². The molecule has 6 heteroatoms. The van der Waals surface area contributed by atoms with Gasteiger partial charge < -0.3 is 18.8 Å². The van der Waals surface area contributed by atoms with Crippen molar-refractivity contribution in [3.8, 4) is 17.1 Å². The molecule has 29 heavy (non-hydrogen) atoms. The van der Waals surface area contributed by atoms with Crippen molar-refractivity contribution in [3.63, 3.8) is 0 Å². The molecule has 1 N–H and O–H groups in total. The van der Waals surface area contributed by atoms with Crippen molar-refractivity contribution in [2.75, 3.05) is 27.3 Å². The van der Waals surface area contributed by atoms with Gasteiger partial charge in [0, 0.05) is 18.4 Å². The molecule has 0 saturated carbocycles. The topological polar surface area (TPSA) is 53.1 Å². The van der Waals surface area contributed by atoms with Gasteiger partial charge >= 0.3 is 5.97 Å². The second-order valence-corrected chi connectivity index (χ2v) is 8.28. The lowest BCUT2D eigenvalue weighted by atomic mass is 9.89. The highest BCUT2D eigenvalue weighted by molar-refractivity contribution is 7.12. The molecule has 4 rings (SSSR count). The van der Waals surface area contributed by atoms with E-state index in [1.54, 1.807) is 7.11 Å². The van der Waals surface area contributed by atoms with Crippen LogP contribution in [0.1, 0.15) is 39.8 Å². The predicted octanol–water partition coefficient (Wildman–Crippen LogP) is 3.77. The number of nitrogens with one attached hydrogen (secondary N) is 1. The Hall–Kier alpha value is -2.57. The van der Waals surface area contributed by atoms with Crippen molar-refractivity contribution in [1.29, 1.82) is 0 Å². The molecule has 152 valence electrons. The number of thiophene rings is 1. The fourth-order valence-electron chi connectivity index (χ4n) is 4.14. The maximum atomic E-state index is 11.9. The molecule has 0 bridgehead atoms. The van der Waals surface area contributed by atoms with Gasteiger partial charge in [-0.25, -0.2) is 4.79 Å². The van der Waals surface area contributed by atoms with Gasteiger partial charge in [-0.1, -0.05) is 18.2 Å². The van der Waals surface area contributed by atoms with Crippen molar-refractivity contribution in [3.05, 3.63) is 64.0 Å². The van der Waals surface area contributed by atoms with Gasteiger partial charge in [0.1, 0.15) is 22.9 Å². The maximum Gasteiger partial charge on any atom is 0.348 e. The third-order valence-corrected chi connectivity index (χ3v) is 6.55. The van der Waals surface area contributed by atoms with Gasteiger partial charge in [-0.2, -0.15) is 0 Å². The monoisotopic (exact) mass is 412 g/mol. The minimum atomic E-state index is -0.322. The van der Waals surface area contributed by atoms with Crippen LogP contribution in [-0.2, 0) is 11.3 Å². The first-order valence-corrected chi connectivity index (χ1v) is 10.8. The smallest absolute Gasteiger partial charge is 0.348 e. The summed E-state index contributed by atoms with van der Waals surface area (Å²) in [5.74, 6) is 2.90. The SMILES string of the molecule is COC(=O)c1sccc1-c1ccc(C[NH+]2CCC(c3ccccc3OC)CC2)o1. The van der Waals surface area contributed by atoms with Crippen LogP contribution in [0.3, 0.4) is 0 Å². The van der Waals surface area contributed by atoms with Crippen LogP contribution in [0.4, 0.5) is 0 Å². The molecular weight excluding hydrogens is 386 g/mol. The van der Waals surface area contributed by atoms with E-state index in [-0.39, 0.29) is 5.97 Å². The zero-order valence-electron chi connectivity index (χ0n) is 16.8. The average Bonchev–Trinajstić information content (AvgIpc) is 3.43. The molecule has 0 unspecified atom stereocenters. The van der Waals surface area contributed by atoms with Crippen LogP contribution in [0.15, 0.2) is 52.3 Å². The van der Waals surface area contributed by atoms with Crippen LogP contribution >= 0.6 is 11.3 Å². The Kier molecular flexibility index (Phi) is 6.02. The molecule has 1 fully saturated rings. The first-order chi connectivity index (χ1) is 14.2. The van der Waals surface area contributed by atoms with Gasteiger partial charge in [0.05, 0.1) is 27.3 Å². The molecule has 3 heterocycles. The number of esters is 1. The summed E-state index contributed by atoms with van der Waals surface area (Å²) in [7, 11) is 3.14. The molecule has 0 atom stereocenters. The van der Waals surface area contributed by atoms with Crippen molar-refractivity contribution in [2.24, 2.45) is 0 Å². The number of rotatable bonds is 6. The molecule has 0 amide bonds. The van der Waals surface area contributed by atoms with Crippen LogP contribution in [-0.4, -0.2) is 33.3 Å². The van der Waals surface area contributed by atoms with Crippen molar-refractivity contribution >= 4 is 17.3 Å². The second-order valence-electron chi connectivity index (χ2n) is 7.36. The number of quaternary nitrogens is 1. The lowest BCUT2D eigenvalue weighted by Crippen LogP contribution is -3.11. The minimum absolute atomic E-state index is 0.322. The number of carbonyl (C=O) groups is 1. The highest BCUT2D eigenvalue weighted by atomic mass is 32.1. The number of hydrogen-bond donors (Lipinski definition) is 1. The van der Waals surface area contributed by atoms with Gasteiger partial charge in [0.2, 0.25) is 0 Å². The van der Waals surface area contributed by atoms with E-state index in [2.05, 4.69) is 12.1 Å². The number of likely N-dealkylation sites (tertiary alicyclic amines) is 1. The molecule has 0 aliphatic carbocycles. The standard InChI is InChI=1S/C23H25NO4S/c1-26-20-6-4-3-5-18(20)16-9-12-24(13-10-16)15-17-7-8-21(28-17)19-11-14-29-22(19)23(25)27-2/h3-8,11,14,16H,9-10,12-13,15H2,1-2H3/p+1. The predicted molar refractivity (Wildman–Crippen MR) is 113 cm³/mol. The van der Waals surface area contributed by atoms with E-state index < -0.39 is 0 Å². The first-order valence-electron chi connectivity index (χ1n) is 9.91. The van der Waals surface area contributed by atoms with Gasteiger partial charge in [-0.15, -0.1) is 11.3 Å². The third kappa shape index (κ3) is 4.23. The molecule has 1 saturated heterocycles. The number of para-hydroxylation sites is 1. The zero-order valence-corrected chi connectivity index (χ0v) is 17.6. The number of methoxy groups -OCH3 is 2. The summed E-state index contributed by atoms with van der Waals surface area (Å²) in [4.78, 5) is 14.0. The highest BCUT2D eigenvalue weighted by Crippen LogP contribution is 2.32. The summed E-state index contributed by atoms with van der Waals surface area (Å²) in [5, 5.41) is 1.89. The van der Waals surface area contributed by atoms with E-state index in [0.29, 0.717) is 10.8 Å².